The second-order valence-electron chi connectivity index (χ2n) is 8.38. The Morgan fingerprint density at radius 2 is 1.40 bits per heavy atom. The average molecular weight is 344 g/mol. The Morgan fingerprint density at radius 1 is 0.840 bits per heavy atom. The summed E-state index contributed by atoms with van der Waals surface area (Å²) in [6.45, 7) is 12.9. The van der Waals surface area contributed by atoms with Gasteiger partial charge in [0.1, 0.15) is 0 Å². The summed E-state index contributed by atoms with van der Waals surface area (Å²) in [5, 5.41) is 0. The van der Waals surface area contributed by atoms with E-state index in [-0.39, 0.29) is 40.3 Å². The van der Waals surface area contributed by atoms with E-state index in [4.69, 9.17) is 20.3 Å². The molecule has 0 aliphatic carbocycles. The highest BCUT2D eigenvalue weighted by atomic mass is 16.7. The van der Waals surface area contributed by atoms with Crippen LogP contribution in [0.5, 0.6) is 0 Å². The van der Waals surface area contributed by atoms with E-state index in [1.165, 1.54) is 0 Å². The summed E-state index contributed by atoms with van der Waals surface area (Å²) in [7, 11) is -1.08. The third kappa shape index (κ3) is 3.54. The molecule has 1 aliphatic rings. The Hall–Kier alpha value is -1.58. The van der Waals surface area contributed by atoms with Gasteiger partial charge in [-0.1, -0.05) is 69.1 Å². The topological polar surface area (TPSA) is 18.5 Å². The summed E-state index contributed by atoms with van der Waals surface area (Å²) in [4.78, 5) is 0. The number of hydrogen-bond acceptors (Lipinski definition) is 2. The lowest BCUT2D eigenvalue weighted by Gasteiger charge is -2.32. The highest BCUT2D eigenvalue weighted by Crippen LogP contribution is 2.37. The van der Waals surface area contributed by atoms with Gasteiger partial charge in [-0.3, -0.25) is 0 Å². The summed E-state index contributed by atoms with van der Waals surface area (Å²) < 4.78 is 79.7. The van der Waals surface area contributed by atoms with Crippen LogP contribution in [-0.4, -0.2) is 18.3 Å². The van der Waals surface area contributed by atoms with Crippen molar-refractivity contribution in [1.29, 1.82) is 0 Å². The fourth-order valence-corrected chi connectivity index (χ4v) is 2.44. The van der Waals surface area contributed by atoms with E-state index in [2.05, 4.69) is 0 Å². The molecule has 0 unspecified atom stereocenters. The monoisotopic (exact) mass is 344 g/mol. The van der Waals surface area contributed by atoms with Crippen molar-refractivity contribution in [3.8, 4) is 11.1 Å². The molecule has 2 aromatic rings. The lowest BCUT2D eigenvalue weighted by molar-refractivity contribution is 0.00578. The minimum Gasteiger partial charge on any atom is -0.399 e. The molecule has 1 fully saturated rings. The Balaban J connectivity index is 2.48. The molecule has 0 atom stereocenters. The van der Waals surface area contributed by atoms with Crippen molar-refractivity contribution in [3.05, 3.63) is 53.9 Å². The maximum absolute atomic E-state index is 8.94. The van der Waals surface area contributed by atoms with Crippen molar-refractivity contribution in [1.82, 2.24) is 0 Å². The van der Waals surface area contributed by atoms with Gasteiger partial charge in [0.25, 0.3) is 0 Å². The fraction of sp³-hybridized carbons (Fsp3) is 0.455. The van der Waals surface area contributed by atoms with Gasteiger partial charge in [-0.25, -0.2) is 0 Å². The average Bonchev–Trinajstić information content (AvgIpc) is 2.86. The Labute approximate surface area is 163 Å². The quantitative estimate of drug-likeness (QED) is 0.718. The van der Waals surface area contributed by atoms with Crippen molar-refractivity contribution < 1.29 is 20.3 Å². The van der Waals surface area contributed by atoms with Crippen LogP contribution >= 0.6 is 0 Å². The smallest absolute Gasteiger partial charge is 0.399 e. The molecule has 0 spiro atoms. The van der Waals surface area contributed by atoms with Gasteiger partial charge < -0.3 is 9.31 Å². The third-order valence-electron chi connectivity index (χ3n) is 4.76. The van der Waals surface area contributed by atoms with E-state index in [1.807, 2.05) is 48.5 Å². The molecular weight excluding hydrogens is 307 g/mol. The number of hydrogen-bond donors (Lipinski definition) is 0. The molecule has 1 saturated heterocycles. The van der Waals surface area contributed by atoms with Gasteiger partial charge in [0.2, 0.25) is 0 Å². The van der Waals surface area contributed by atoms with E-state index in [0.29, 0.717) is 0 Å². The largest absolute Gasteiger partial charge is 0.494 e. The highest BCUT2D eigenvalue weighted by molar-refractivity contribution is 6.62. The number of benzene rings is 2. The summed E-state index contributed by atoms with van der Waals surface area (Å²) in [6.07, 6.45) is 0. The van der Waals surface area contributed by atoms with Crippen LogP contribution in [0.25, 0.3) is 11.1 Å². The van der Waals surface area contributed by atoms with Gasteiger partial charge in [-0.05, 0) is 55.3 Å². The maximum atomic E-state index is 8.94. The van der Waals surface area contributed by atoms with E-state index in [1.54, 1.807) is 0 Å². The summed E-state index contributed by atoms with van der Waals surface area (Å²) in [6, 6.07) is -3.24. The van der Waals surface area contributed by atoms with Gasteiger partial charge in [-0.15, -0.1) is 0 Å². The minimum atomic E-state index is -1.08. The molecule has 25 heavy (non-hydrogen) atoms. The van der Waals surface area contributed by atoms with Crippen molar-refractivity contribution in [3.63, 3.8) is 0 Å². The molecule has 0 amide bonds. The zero-order valence-electron chi connectivity index (χ0n) is 23.9. The van der Waals surface area contributed by atoms with Gasteiger partial charge in [0, 0.05) is 0 Å². The van der Waals surface area contributed by atoms with Gasteiger partial charge >= 0.3 is 7.12 Å². The van der Waals surface area contributed by atoms with E-state index in [0.717, 1.165) is 0 Å². The van der Waals surface area contributed by atoms with Crippen LogP contribution in [0.4, 0.5) is 0 Å². The maximum Gasteiger partial charge on any atom is 0.494 e. The molecule has 0 N–H and O–H groups in total. The minimum absolute atomic E-state index is 0.0767. The van der Waals surface area contributed by atoms with Crippen LogP contribution in [0.15, 0.2) is 48.3 Å². The lowest BCUT2D eigenvalue weighted by atomic mass is 9.74. The van der Waals surface area contributed by atoms with Crippen molar-refractivity contribution in [2.75, 3.05) is 0 Å². The van der Waals surface area contributed by atoms with Crippen molar-refractivity contribution >= 4 is 12.6 Å². The van der Waals surface area contributed by atoms with E-state index in [9.17, 15) is 0 Å². The van der Waals surface area contributed by atoms with Gasteiger partial charge in [-0.2, -0.15) is 0 Å². The molecule has 0 bridgehead atoms. The van der Waals surface area contributed by atoms with Crippen LogP contribution < -0.4 is 5.46 Å². The van der Waals surface area contributed by atoms with Gasteiger partial charge in [0.05, 0.1) is 22.2 Å². The van der Waals surface area contributed by atoms with Crippen LogP contribution in [0, 0.1) is 0 Å². The molecule has 3 heteroatoms. The second-order valence-corrected chi connectivity index (χ2v) is 8.38. The third-order valence-corrected chi connectivity index (χ3v) is 4.76. The van der Waals surface area contributed by atoms with Crippen LogP contribution in [0.2, 0.25) is 0 Å². The first-order valence-electron chi connectivity index (χ1n) is 12.4. The van der Waals surface area contributed by atoms with Crippen LogP contribution in [0.1, 0.15) is 65.0 Å². The standard InChI is InChI=1S/C22H29BO2/c1-20(2,3)18-13-17(16-11-9-8-10-12-16)14-19(15-18)23-24-21(4,5)22(6,7)25-23/h8-15H,1-7H3/i8D,9D,10D,11D,12D,13D,14D,15D. The number of rotatable bonds is 2. The first kappa shape index (κ1) is 10.5. The molecule has 2 nitrogen and oxygen atoms in total. The fourth-order valence-electron chi connectivity index (χ4n) is 2.44. The highest BCUT2D eigenvalue weighted by Gasteiger charge is 2.51. The zero-order chi connectivity index (χ0) is 25.4. The molecule has 0 aromatic heterocycles. The normalized spacial score (nSPS) is 23.7. The van der Waals surface area contributed by atoms with E-state index >= 15 is 0 Å². The Bertz CT molecular complexity index is 1110. The van der Waals surface area contributed by atoms with Crippen LogP contribution in [0.3, 0.4) is 0 Å². The van der Waals surface area contributed by atoms with Gasteiger partial charge in [0.15, 0.2) is 0 Å². The summed E-state index contributed by atoms with van der Waals surface area (Å²) in [5.41, 5.74) is -2.19. The Morgan fingerprint density at radius 3 is 1.92 bits per heavy atom. The first-order valence-corrected chi connectivity index (χ1v) is 8.42. The SMILES string of the molecule is [2H]c1c([2H])c([2H])c(-c2c([2H])c(B3OC(C)(C)C(C)(C)O3)c([2H])c(C(C)(C)C)c2[2H])c([2H])c1[2H]. The first-order chi connectivity index (χ1) is 14.8. The molecule has 132 valence electrons. The molecular formula is C22H29BO2. The predicted molar refractivity (Wildman–Crippen MR) is 106 cm³/mol. The molecule has 1 aliphatic heterocycles. The predicted octanol–water partition coefficient (Wildman–Crippen LogP) is 4.95. The molecule has 0 saturated carbocycles. The molecule has 0 radical (unpaired) electrons. The molecule has 3 rings (SSSR count). The second kappa shape index (κ2) is 6.00. The molecule has 2 aromatic carbocycles. The van der Waals surface area contributed by atoms with Crippen molar-refractivity contribution in [2.45, 2.75) is 65.1 Å². The summed E-state index contributed by atoms with van der Waals surface area (Å²) in [5.74, 6) is 0. The van der Waals surface area contributed by atoms with E-state index < -0.39 is 53.9 Å². The summed E-state index contributed by atoms with van der Waals surface area (Å²) >= 11 is 0. The molecule has 1 heterocycles. The van der Waals surface area contributed by atoms with Crippen molar-refractivity contribution in [2.24, 2.45) is 0 Å². The zero-order valence-corrected chi connectivity index (χ0v) is 15.9. The van der Waals surface area contributed by atoms with Crippen LogP contribution in [-0.2, 0) is 14.7 Å². The lowest BCUT2D eigenvalue weighted by Crippen LogP contribution is -2.41. The Kier molecular flexibility index (Phi) is 2.53.